The van der Waals surface area contributed by atoms with Crippen LogP contribution >= 0.6 is 23.2 Å². The van der Waals surface area contributed by atoms with Gasteiger partial charge < -0.3 is 0 Å². The summed E-state index contributed by atoms with van der Waals surface area (Å²) in [5, 5.41) is 1.97. The molecule has 0 amide bonds. The molecule has 21 heavy (non-hydrogen) atoms. The predicted octanol–water partition coefficient (Wildman–Crippen LogP) is 5.47. The van der Waals surface area contributed by atoms with Gasteiger partial charge in [0.15, 0.2) is 5.82 Å². The van der Waals surface area contributed by atoms with Crippen molar-refractivity contribution in [2.75, 3.05) is 0 Å². The molecule has 0 saturated heterocycles. The van der Waals surface area contributed by atoms with Crippen LogP contribution in [0.4, 0.5) is 0 Å². The quantitative estimate of drug-likeness (QED) is 0.585. The van der Waals surface area contributed by atoms with E-state index in [4.69, 9.17) is 23.2 Å². The van der Waals surface area contributed by atoms with Crippen LogP contribution in [0.5, 0.6) is 0 Å². The summed E-state index contributed by atoms with van der Waals surface area (Å²) in [6.07, 6.45) is 0.956. The standard InChI is InChI=1S/C17H14Cl2N2/c1-3-11-5-7-15-13(9-11)16(19)21-17(20-15)12-6-4-10(2)8-14(12)18/h4-9H,3H2,1-2H3. The van der Waals surface area contributed by atoms with Gasteiger partial charge in [-0.25, -0.2) is 9.97 Å². The zero-order chi connectivity index (χ0) is 15.0. The van der Waals surface area contributed by atoms with Gasteiger partial charge in [0.25, 0.3) is 0 Å². The topological polar surface area (TPSA) is 25.8 Å². The largest absolute Gasteiger partial charge is 0.228 e. The summed E-state index contributed by atoms with van der Waals surface area (Å²) in [5.41, 5.74) is 3.95. The summed E-state index contributed by atoms with van der Waals surface area (Å²) < 4.78 is 0. The third-order valence-electron chi connectivity index (χ3n) is 3.49. The van der Waals surface area contributed by atoms with Crippen LogP contribution in [0.3, 0.4) is 0 Å². The maximum atomic E-state index is 6.33. The van der Waals surface area contributed by atoms with Crippen LogP contribution in [0, 0.1) is 6.92 Å². The lowest BCUT2D eigenvalue weighted by Crippen LogP contribution is -1.94. The second-order valence-corrected chi connectivity index (χ2v) is 5.79. The monoisotopic (exact) mass is 316 g/mol. The average Bonchev–Trinajstić information content (AvgIpc) is 2.47. The highest BCUT2D eigenvalue weighted by molar-refractivity contribution is 6.35. The molecule has 3 aromatic rings. The van der Waals surface area contributed by atoms with Crippen LogP contribution in [0.15, 0.2) is 36.4 Å². The Hall–Kier alpha value is -1.64. The molecule has 1 aromatic heterocycles. The van der Waals surface area contributed by atoms with E-state index in [1.54, 1.807) is 0 Å². The summed E-state index contributed by atoms with van der Waals surface area (Å²) in [6.45, 7) is 4.10. The zero-order valence-corrected chi connectivity index (χ0v) is 13.3. The van der Waals surface area contributed by atoms with Gasteiger partial charge in [0, 0.05) is 10.9 Å². The van der Waals surface area contributed by atoms with Gasteiger partial charge in [-0.1, -0.05) is 42.3 Å². The van der Waals surface area contributed by atoms with Crippen molar-refractivity contribution < 1.29 is 0 Å². The van der Waals surface area contributed by atoms with E-state index in [1.807, 2.05) is 37.3 Å². The first-order valence-electron chi connectivity index (χ1n) is 6.81. The normalized spacial score (nSPS) is 11.0. The van der Waals surface area contributed by atoms with E-state index in [2.05, 4.69) is 23.0 Å². The fourth-order valence-electron chi connectivity index (χ4n) is 2.28. The van der Waals surface area contributed by atoms with Gasteiger partial charge in [-0.05, 0) is 48.7 Å². The average molecular weight is 317 g/mol. The fourth-order valence-corrected chi connectivity index (χ4v) is 2.83. The molecule has 4 heteroatoms. The predicted molar refractivity (Wildman–Crippen MR) is 89.1 cm³/mol. The molecule has 0 aliphatic rings. The lowest BCUT2D eigenvalue weighted by molar-refractivity contribution is 1.14. The molecule has 2 nitrogen and oxygen atoms in total. The van der Waals surface area contributed by atoms with Crippen LogP contribution in [-0.4, -0.2) is 9.97 Å². The number of aromatic nitrogens is 2. The minimum absolute atomic E-state index is 0.460. The highest BCUT2D eigenvalue weighted by Gasteiger charge is 2.11. The SMILES string of the molecule is CCc1ccc2nc(-c3ccc(C)cc3Cl)nc(Cl)c2c1. The second kappa shape index (κ2) is 5.63. The van der Waals surface area contributed by atoms with Crippen molar-refractivity contribution in [3.63, 3.8) is 0 Å². The fraction of sp³-hybridized carbons (Fsp3) is 0.176. The Morgan fingerprint density at radius 1 is 1.00 bits per heavy atom. The zero-order valence-electron chi connectivity index (χ0n) is 11.8. The molecule has 0 bridgehead atoms. The van der Waals surface area contributed by atoms with E-state index in [-0.39, 0.29) is 0 Å². The van der Waals surface area contributed by atoms with Crippen molar-refractivity contribution in [3.05, 3.63) is 57.7 Å². The Labute approximate surface area is 133 Å². The molecule has 0 atom stereocenters. The first kappa shape index (κ1) is 14.3. The molecule has 106 valence electrons. The van der Waals surface area contributed by atoms with E-state index in [0.717, 1.165) is 28.5 Å². The molecule has 0 spiro atoms. The summed E-state index contributed by atoms with van der Waals surface area (Å²) in [4.78, 5) is 9.00. The molecular formula is C17H14Cl2N2. The third kappa shape index (κ3) is 2.74. The molecule has 1 heterocycles. The third-order valence-corrected chi connectivity index (χ3v) is 4.09. The number of hydrogen-bond donors (Lipinski definition) is 0. The molecule has 0 fully saturated rings. The van der Waals surface area contributed by atoms with Gasteiger partial charge in [-0.3, -0.25) is 0 Å². The Morgan fingerprint density at radius 2 is 1.81 bits per heavy atom. The highest BCUT2D eigenvalue weighted by Crippen LogP contribution is 2.30. The maximum Gasteiger partial charge on any atom is 0.162 e. The number of aryl methyl sites for hydroxylation is 2. The lowest BCUT2D eigenvalue weighted by Gasteiger charge is -2.08. The summed E-state index contributed by atoms with van der Waals surface area (Å²) in [6, 6.07) is 11.9. The maximum absolute atomic E-state index is 6.33. The van der Waals surface area contributed by atoms with E-state index >= 15 is 0 Å². The van der Waals surface area contributed by atoms with E-state index < -0.39 is 0 Å². The van der Waals surface area contributed by atoms with Crippen molar-refractivity contribution in [2.45, 2.75) is 20.3 Å². The van der Waals surface area contributed by atoms with Crippen LogP contribution in [0.2, 0.25) is 10.2 Å². The Balaban J connectivity index is 2.20. The molecule has 0 aliphatic carbocycles. The smallest absolute Gasteiger partial charge is 0.162 e. The van der Waals surface area contributed by atoms with Crippen LogP contribution < -0.4 is 0 Å². The number of halogens is 2. The highest BCUT2D eigenvalue weighted by atomic mass is 35.5. The summed E-state index contributed by atoms with van der Waals surface area (Å²) in [5.74, 6) is 0.557. The number of hydrogen-bond acceptors (Lipinski definition) is 2. The lowest BCUT2D eigenvalue weighted by atomic mass is 10.1. The van der Waals surface area contributed by atoms with Crippen LogP contribution in [0.1, 0.15) is 18.1 Å². The molecule has 3 rings (SSSR count). The Bertz CT molecular complexity index is 828. The molecule has 0 saturated carbocycles. The van der Waals surface area contributed by atoms with E-state index in [0.29, 0.717) is 16.0 Å². The minimum Gasteiger partial charge on any atom is -0.228 e. The van der Waals surface area contributed by atoms with Crippen molar-refractivity contribution in [1.82, 2.24) is 9.97 Å². The minimum atomic E-state index is 0.460. The Kier molecular flexibility index (Phi) is 3.83. The molecule has 0 unspecified atom stereocenters. The van der Waals surface area contributed by atoms with Gasteiger partial charge in [0.2, 0.25) is 0 Å². The van der Waals surface area contributed by atoms with E-state index in [9.17, 15) is 0 Å². The number of benzene rings is 2. The molecule has 0 N–H and O–H groups in total. The summed E-state index contributed by atoms with van der Waals surface area (Å²) in [7, 11) is 0. The van der Waals surface area contributed by atoms with Gasteiger partial charge in [-0.15, -0.1) is 0 Å². The van der Waals surface area contributed by atoms with Crippen LogP contribution in [0.25, 0.3) is 22.3 Å². The molecular weight excluding hydrogens is 303 g/mol. The van der Waals surface area contributed by atoms with Gasteiger partial charge in [-0.2, -0.15) is 0 Å². The summed E-state index contributed by atoms with van der Waals surface area (Å²) >= 11 is 12.6. The number of rotatable bonds is 2. The van der Waals surface area contributed by atoms with Gasteiger partial charge >= 0.3 is 0 Å². The van der Waals surface area contributed by atoms with Gasteiger partial charge in [0.1, 0.15) is 5.15 Å². The number of nitrogens with zero attached hydrogens (tertiary/aromatic N) is 2. The number of fused-ring (bicyclic) bond motifs is 1. The van der Waals surface area contributed by atoms with E-state index in [1.165, 1.54) is 5.56 Å². The molecule has 2 aromatic carbocycles. The van der Waals surface area contributed by atoms with Gasteiger partial charge in [0.05, 0.1) is 10.5 Å². The van der Waals surface area contributed by atoms with Crippen molar-refractivity contribution in [1.29, 1.82) is 0 Å². The first-order chi connectivity index (χ1) is 10.1. The van der Waals surface area contributed by atoms with Crippen molar-refractivity contribution in [3.8, 4) is 11.4 Å². The van der Waals surface area contributed by atoms with Crippen LogP contribution in [-0.2, 0) is 6.42 Å². The second-order valence-electron chi connectivity index (χ2n) is 5.03. The van der Waals surface area contributed by atoms with Crippen molar-refractivity contribution >= 4 is 34.1 Å². The first-order valence-corrected chi connectivity index (χ1v) is 7.57. The molecule has 0 radical (unpaired) electrons. The molecule has 0 aliphatic heterocycles. The van der Waals surface area contributed by atoms with Crippen molar-refractivity contribution in [2.24, 2.45) is 0 Å². The Morgan fingerprint density at radius 3 is 2.52 bits per heavy atom.